The SMILES string of the molecule is O=C1OC(c2ccc(Br)cc2)=NC1=Cc1cccc([N+](=O)[O-])c1. The number of halogens is 1. The van der Waals surface area contributed by atoms with E-state index < -0.39 is 10.9 Å². The van der Waals surface area contributed by atoms with E-state index in [1.807, 2.05) is 12.1 Å². The second kappa shape index (κ2) is 6.13. The van der Waals surface area contributed by atoms with E-state index in [2.05, 4.69) is 20.9 Å². The van der Waals surface area contributed by atoms with Crippen molar-refractivity contribution in [2.24, 2.45) is 4.99 Å². The number of nitro groups is 1. The summed E-state index contributed by atoms with van der Waals surface area (Å²) in [5, 5.41) is 10.8. The predicted molar refractivity (Wildman–Crippen MR) is 87.8 cm³/mol. The number of cyclic esters (lactones) is 1. The molecule has 114 valence electrons. The second-order valence-electron chi connectivity index (χ2n) is 4.70. The highest BCUT2D eigenvalue weighted by Crippen LogP contribution is 2.22. The number of esters is 1. The normalized spacial score (nSPS) is 15.4. The summed E-state index contributed by atoms with van der Waals surface area (Å²) in [5.41, 5.74) is 1.22. The molecular formula is C16H9BrN2O4. The van der Waals surface area contributed by atoms with Crippen LogP contribution in [0.1, 0.15) is 11.1 Å². The molecular weight excluding hydrogens is 364 g/mol. The number of nitrogens with zero attached hydrogens (tertiary/aromatic N) is 2. The van der Waals surface area contributed by atoms with Crippen LogP contribution in [-0.4, -0.2) is 16.8 Å². The third kappa shape index (κ3) is 3.35. The van der Waals surface area contributed by atoms with Crippen LogP contribution in [0, 0.1) is 10.1 Å². The van der Waals surface area contributed by atoms with Gasteiger partial charge >= 0.3 is 5.97 Å². The molecule has 23 heavy (non-hydrogen) atoms. The molecule has 0 bridgehead atoms. The molecule has 0 aliphatic carbocycles. The van der Waals surface area contributed by atoms with Gasteiger partial charge in [0.05, 0.1) is 4.92 Å². The summed E-state index contributed by atoms with van der Waals surface area (Å²) in [7, 11) is 0. The Morgan fingerprint density at radius 1 is 1.17 bits per heavy atom. The van der Waals surface area contributed by atoms with Crippen molar-refractivity contribution >= 4 is 39.6 Å². The van der Waals surface area contributed by atoms with Crippen molar-refractivity contribution in [2.45, 2.75) is 0 Å². The Morgan fingerprint density at radius 2 is 1.91 bits per heavy atom. The molecule has 0 radical (unpaired) electrons. The van der Waals surface area contributed by atoms with Gasteiger partial charge in [-0.25, -0.2) is 9.79 Å². The first kappa shape index (κ1) is 15.1. The van der Waals surface area contributed by atoms with Gasteiger partial charge in [-0.15, -0.1) is 0 Å². The lowest BCUT2D eigenvalue weighted by molar-refractivity contribution is -0.384. The highest BCUT2D eigenvalue weighted by atomic mass is 79.9. The zero-order valence-electron chi connectivity index (χ0n) is 11.6. The van der Waals surface area contributed by atoms with Gasteiger partial charge in [0.25, 0.3) is 5.69 Å². The van der Waals surface area contributed by atoms with E-state index in [1.165, 1.54) is 18.2 Å². The maximum absolute atomic E-state index is 11.9. The van der Waals surface area contributed by atoms with Crippen molar-refractivity contribution < 1.29 is 14.5 Å². The molecule has 1 heterocycles. The standard InChI is InChI=1S/C16H9BrN2O4/c17-12-6-4-11(5-7-12)15-18-14(16(20)23-15)9-10-2-1-3-13(8-10)19(21)22/h1-9H. The second-order valence-corrected chi connectivity index (χ2v) is 5.61. The van der Waals surface area contributed by atoms with Crippen LogP contribution in [-0.2, 0) is 9.53 Å². The number of ether oxygens (including phenoxy) is 1. The largest absolute Gasteiger partial charge is 0.402 e. The third-order valence-corrected chi connectivity index (χ3v) is 3.62. The van der Waals surface area contributed by atoms with Crippen LogP contribution in [0.15, 0.2) is 63.7 Å². The molecule has 0 unspecified atom stereocenters. The maximum atomic E-state index is 11.9. The van der Waals surface area contributed by atoms with E-state index in [-0.39, 0.29) is 17.3 Å². The Hall–Kier alpha value is -2.80. The highest BCUT2D eigenvalue weighted by molar-refractivity contribution is 9.10. The van der Waals surface area contributed by atoms with Gasteiger partial charge in [-0.3, -0.25) is 10.1 Å². The monoisotopic (exact) mass is 372 g/mol. The Balaban J connectivity index is 1.93. The van der Waals surface area contributed by atoms with Crippen molar-refractivity contribution in [3.8, 4) is 0 Å². The summed E-state index contributed by atoms with van der Waals surface area (Å²) >= 11 is 3.33. The number of nitro benzene ring substituents is 1. The Kier molecular flexibility index (Phi) is 4.03. The van der Waals surface area contributed by atoms with Gasteiger partial charge < -0.3 is 4.74 Å². The first-order chi connectivity index (χ1) is 11.0. The van der Waals surface area contributed by atoms with Crippen molar-refractivity contribution in [3.63, 3.8) is 0 Å². The smallest absolute Gasteiger partial charge is 0.363 e. The van der Waals surface area contributed by atoms with Gasteiger partial charge in [0.1, 0.15) is 0 Å². The minimum absolute atomic E-state index is 0.0529. The van der Waals surface area contributed by atoms with E-state index in [9.17, 15) is 14.9 Å². The van der Waals surface area contributed by atoms with Gasteiger partial charge in [-0.2, -0.15) is 0 Å². The number of non-ortho nitro benzene ring substituents is 1. The van der Waals surface area contributed by atoms with Gasteiger partial charge in [-0.1, -0.05) is 28.1 Å². The van der Waals surface area contributed by atoms with E-state index >= 15 is 0 Å². The Labute approximate surface area is 139 Å². The molecule has 0 fully saturated rings. The molecule has 0 saturated heterocycles. The summed E-state index contributed by atoms with van der Waals surface area (Å²) in [6, 6.07) is 13.1. The number of hydrogen-bond donors (Lipinski definition) is 0. The summed E-state index contributed by atoms with van der Waals surface area (Å²) < 4.78 is 6.04. The summed E-state index contributed by atoms with van der Waals surface area (Å²) in [6.45, 7) is 0. The van der Waals surface area contributed by atoms with Crippen LogP contribution in [0.25, 0.3) is 6.08 Å². The molecule has 1 aliphatic rings. The molecule has 6 nitrogen and oxygen atoms in total. The van der Waals surface area contributed by atoms with E-state index in [0.29, 0.717) is 11.1 Å². The Bertz CT molecular complexity index is 857. The zero-order valence-corrected chi connectivity index (χ0v) is 13.2. The summed E-state index contributed by atoms with van der Waals surface area (Å²) in [4.78, 5) is 26.3. The van der Waals surface area contributed by atoms with Gasteiger partial charge in [0.2, 0.25) is 5.90 Å². The first-order valence-corrected chi connectivity index (χ1v) is 7.35. The lowest BCUT2D eigenvalue weighted by Crippen LogP contribution is -2.05. The molecule has 0 aromatic heterocycles. The third-order valence-electron chi connectivity index (χ3n) is 3.10. The van der Waals surface area contributed by atoms with Crippen molar-refractivity contribution in [1.29, 1.82) is 0 Å². The fourth-order valence-electron chi connectivity index (χ4n) is 2.01. The minimum atomic E-state index is -0.588. The lowest BCUT2D eigenvalue weighted by atomic mass is 10.1. The van der Waals surface area contributed by atoms with Crippen LogP contribution in [0.3, 0.4) is 0 Å². The van der Waals surface area contributed by atoms with Gasteiger partial charge in [0.15, 0.2) is 5.70 Å². The van der Waals surface area contributed by atoms with E-state index in [1.54, 1.807) is 24.3 Å². The van der Waals surface area contributed by atoms with Crippen LogP contribution in [0.5, 0.6) is 0 Å². The summed E-state index contributed by atoms with van der Waals surface area (Å²) in [6.07, 6.45) is 1.46. The molecule has 0 N–H and O–H groups in total. The topological polar surface area (TPSA) is 81.8 Å². The van der Waals surface area contributed by atoms with E-state index in [4.69, 9.17) is 4.74 Å². The average molecular weight is 373 g/mol. The fourth-order valence-corrected chi connectivity index (χ4v) is 2.28. The number of benzene rings is 2. The first-order valence-electron chi connectivity index (χ1n) is 6.56. The minimum Gasteiger partial charge on any atom is -0.402 e. The number of carbonyl (C=O) groups excluding carboxylic acids is 1. The van der Waals surface area contributed by atoms with Crippen LogP contribution in [0.2, 0.25) is 0 Å². The highest BCUT2D eigenvalue weighted by Gasteiger charge is 2.24. The molecule has 0 amide bonds. The average Bonchev–Trinajstić information content (AvgIpc) is 2.89. The van der Waals surface area contributed by atoms with Gasteiger partial charge in [-0.05, 0) is 35.9 Å². The van der Waals surface area contributed by atoms with Crippen molar-refractivity contribution in [3.05, 3.63) is 79.9 Å². The molecule has 7 heteroatoms. The van der Waals surface area contributed by atoms with Crippen LogP contribution < -0.4 is 0 Å². The van der Waals surface area contributed by atoms with Crippen LogP contribution in [0.4, 0.5) is 5.69 Å². The van der Waals surface area contributed by atoms with E-state index in [0.717, 1.165) is 4.47 Å². The molecule has 0 atom stereocenters. The fraction of sp³-hybridized carbons (Fsp3) is 0. The maximum Gasteiger partial charge on any atom is 0.363 e. The summed E-state index contributed by atoms with van der Waals surface area (Å²) in [5.74, 6) is -0.381. The van der Waals surface area contributed by atoms with Gasteiger partial charge in [0, 0.05) is 22.2 Å². The van der Waals surface area contributed by atoms with Crippen molar-refractivity contribution in [1.82, 2.24) is 0 Å². The Morgan fingerprint density at radius 3 is 2.61 bits per heavy atom. The number of carbonyl (C=O) groups is 1. The quantitative estimate of drug-likeness (QED) is 0.356. The number of hydrogen-bond acceptors (Lipinski definition) is 5. The molecule has 2 aromatic carbocycles. The lowest BCUT2D eigenvalue weighted by Gasteiger charge is -1.98. The molecule has 2 aromatic rings. The van der Waals surface area contributed by atoms with Crippen molar-refractivity contribution in [2.75, 3.05) is 0 Å². The zero-order chi connectivity index (χ0) is 16.4. The van der Waals surface area contributed by atoms with Crippen LogP contribution >= 0.6 is 15.9 Å². The molecule has 1 aliphatic heterocycles. The number of rotatable bonds is 3. The molecule has 3 rings (SSSR count). The molecule has 0 saturated carbocycles. The predicted octanol–water partition coefficient (Wildman–Crippen LogP) is 3.70. The number of aliphatic imine (C=N–C) groups is 1. The molecule has 0 spiro atoms.